The molecule has 0 saturated heterocycles. The van der Waals surface area contributed by atoms with Crippen molar-refractivity contribution in [2.75, 3.05) is 0 Å². The number of carboxylic acids is 1. The van der Waals surface area contributed by atoms with E-state index in [0.717, 1.165) is 5.69 Å². The van der Waals surface area contributed by atoms with Gasteiger partial charge < -0.3 is 15.0 Å². The number of amides is 1. The lowest BCUT2D eigenvalue weighted by Crippen LogP contribution is -2.26. The quantitative estimate of drug-likeness (QED) is 0.868. The number of aromatic nitrogens is 1. The van der Waals surface area contributed by atoms with Gasteiger partial charge in [0.2, 0.25) is 5.91 Å². The van der Waals surface area contributed by atoms with E-state index in [-0.39, 0.29) is 17.9 Å². The number of carbonyl (C=O) groups is 2. The Morgan fingerprint density at radius 2 is 1.95 bits per heavy atom. The van der Waals surface area contributed by atoms with Gasteiger partial charge in [-0.2, -0.15) is 0 Å². The molecule has 1 aromatic carbocycles. The second-order valence-corrected chi connectivity index (χ2v) is 4.53. The smallest absolute Gasteiger partial charge is 0.335 e. The van der Waals surface area contributed by atoms with Crippen LogP contribution in [0, 0.1) is 0 Å². The Balaban J connectivity index is 1.98. The molecule has 1 heterocycles. The lowest BCUT2D eigenvalue weighted by Gasteiger charge is -2.08. The van der Waals surface area contributed by atoms with Gasteiger partial charge >= 0.3 is 5.97 Å². The molecule has 2 aromatic rings. The molecule has 0 aliphatic heterocycles. The van der Waals surface area contributed by atoms with Crippen LogP contribution in [0.3, 0.4) is 0 Å². The number of hydrogen-bond acceptors (Lipinski definition) is 2. The summed E-state index contributed by atoms with van der Waals surface area (Å²) in [5.41, 5.74) is 1.68. The molecule has 5 heteroatoms. The minimum atomic E-state index is -1.02. The fourth-order valence-electron chi connectivity index (χ4n) is 1.99. The Hall–Kier alpha value is -2.56. The van der Waals surface area contributed by atoms with Crippen molar-refractivity contribution in [2.45, 2.75) is 13.0 Å². The molecule has 0 radical (unpaired) electrons. The van der Waals surface area contributed by atoms with E-state index in [2.05, 4.69) is 5.32 Å². The number of nitrogens with one attached hydrogen (secondary N) is 1. The van der Waals surface area contributed by atoms with Gasteiger partial charge in [0.25, 0.3) is 0 Å². The third-order valence-corrected chi connectivity index (χ3v) is 3.12. The van der Waals surface area contributed by atoms with Crippen molar-refractivity contribution in [3.63, 3.8) is 0 Å². The van der Waals surface area contributed by atoms with E-state index in [1.807, 2.05) is 29.9 Å². The Morgan fingerprint density at radius 3 is 2.60 bits per heavy atom. The maximum atomic E-state index is 11.9. The average molecular weight is 272 g/mol. The highest BCUT2D eigenvalue weighted by atomic mass is 16.4. The fourth-order valence-corrected chi connectivity index (χ4v) is 1.99. The highest BCUT2D eigenvalue weighted by molar-refractivity contribution is 5.91. The zero-order valence-corrected chi connectivity index (χ0v) is 11.2. The number of carbonyl (C=O) groups excluding carboxylic acids is 1. The van der Waals surface area contributed by atoms with Crippen LogP contribution < -0.4 is 5.32 Å². The largest absolute Gasteiger partial charge is 0.478 e. The van der Waals surface area contributed by atoms with Crippen molar-refractivity contribution in [3.05, 3.63) is 59.4 Å². The average Bonchev–Trinajstić information content (AvgIpc) is 2.82. The molecule has 0 spiro atoms. The van der Waals surface area contributed by atoms with Gasteiger partial charge in [-0.1, -0.05) is 18.2 Å². The van der Waals surface area contributed by atoms with Crippen molar-refractivity contribution in [1.82, 2.24) is 9.88 Å². The number of rotatable bonds is 5. The van der Waals surface area contributed by atoms with E-state index in [1.54, 1.807) is 18.2 Å². The molecule has 0 atom stereocenters. The second-order valence-electron chi connectivity index (χ2n) is 4.53. The van der Waals surface area contributed by atoms with Crippen LogP contribution in [0.4, 0.5) is 0 Å². The maximum absolute atomic E-state index is 11.9. The van der Waals surface area contributed by atoms with E-state index in [4.69, 9.17) is 5.11 Å². The van der Waals surface area contributed by atoms with Gasteiger partial charge in [-0.05, 0) is 23.8 Å². The van der Waals surface area contributed by atoms with Crippen molar-refractivity contribution in [3.8, 4) is 0 Å². The Labute approximate surface area is 116 Å². The monoisotopic (exact) mass is 272 g/mol. The van der Waals surface area contributed by atoms with Gasteiger partial charge in [0.1, 0.15) is 0 Å². The number of aromatic carboxylic acids is 1. The number of aryl methyl sites for hydroxylation is 1. The molecule has 1 aromatic heterocycles. The van der Waals surface area contributed by atoms with Crippen molar-refractivity contribution in [2.24, 2.45) is 7.05 Å². The summed E-state index contributed by atoms with van der Waals surface area (Å²) < 4.78 is 1.92. The topological polar surface area (TPSA) is 71.3 Å². The van der Waals surface area contributed by atoms with Gasteiger partial charge in [-0.3, -0.25) is 4.79 Å². The molecule has 20 heavy (non-hydrogen) atoms. The molecule has 0 fully saturated rings. The summed E-state index contributed by atoms with van der Waals surface area (Å²) in [6.07, 6.45) is 1.97. The lowest BCUT2D eigenvalue weighted by molar-refractivity contribution is -0.120. The van der Waals surface area contributed by atoms with E-state index in [0.29, 0.717) is 12.1 Å². The molecule has 0 saturated carbocycles. The van der Waals surface area contributed by atoms with Crippen LogP contribution >= 0.6 is 0 Å². The zero-order valence-electron chi connectivity index (χ0n) is 11.2. The van der Waals surface area contributed by atoms with Gasteiger partial charge in [-0.15, -0.1) is 0 Å². The van der Waals surface area contributed by atoms with Gasteiger partial charge in [0.05, 0.1) is 18.5 Å². The molecular formula is C15H16N2O3. The standard InChI is InChI=1S/C15H16N2O3/c1-17-8-4-6-12(17)10-16-14(18)9-11-5-2-3-7-13(11)15(19)20/h2-8H,9-10H2,1H3,(H,16,18)(H,19,20). The normalized spacial score (nSPS) is 10.2. The summed E-state index contributed by atoms with van der Waals surface area (Å²) in [6.45, 7) is 0.428. The summed E-state index contributed by atoms with van der Waals surface area (Å²) in [4.78, 5) is 22.9. The number of carboxylic acid groups (broad SMARTS) is 1. The molecule has 0 aliphatic carbocycles. The lowest BCUT2D eigenvalue weighted by atomic mass is 10.0. The molecular weight excluding hydrogens is 256 g/mol. The highest BCUT2D eigenvalue weighted by Crippen LogP contribution is 2.09. The summed E-state index contributed by atoms with van der Waals surface area (Å²) in [6, 6.07) is 10.4. The van der Waals surface area contributed by atoms with Crippen LogP contribution in [-0.4, -0.2) is 21.6 Å². The molecule has 104 valence electrons. The van der Waals surface area contributed by atoms with Crippen molar-refractivity contribution in [1.29, 1.82) is 0 Å². The minimum Gasteiger partial charge on any atom is -0.478 e. The fraction of sp³-hybridized carbons (Fsp3) is 0.200. The number of benzene rings is 1. The first kappa shape index (κ1) is 13.9. The summed E-state index contributed by atoms with van der Waals surface area (Å²) in [7, 11) is 1.90. The maximum Gasteiger partial charge on any atom is 0.335 e. The molecule has 5 nitrogen and oxygen atoms in total. The van der Waals surface area contributed by atoms with Crippen LogP contribution in [0.25, 0.3) is 0 Å². The number of hydrogen-bond donors (Lipinski definition) is 2. The molecule has 0 unspecified atom stereocenters. The summed E-state index contributed by atoms with van der Waals surface area (Å²) in [5, 5.41) is 11.8. The molecule has 2 N–H and O–H groups in total. The Kier molecular flexibility index (Phi) is 4.20. The van der Waals surface area contributed by atoms with Gasteiger partial charge in [0, 0.05) is 18.9 Å². The first-order valence-corrected chi connectivity index (χ1v) is 6.26. The van der Waals surface area contributed by atoms with Crippen molar-refractivity contribution < 1.29 is 14.7 Å². The minimum absolute atomic E-state index is 0.0624. The van der Waals surface area contributed by atoms with Crippen molar-refractivity contribution >= 4 is 11.9 Å². The zero-order chi connectivity index (χ0) is 14.5. The van der Waals surface area contributed by atoms with E-state index in [1.165, 1.54) is 6.07 Å². The van der Waals surface area contributed by atoms with E-state index in [9.17, 15) is 9.59 Å². The van der Waals surface area contributed by atoms with Gasteiger partial charge in [0.15, 0.2) is 0 Å². The van der Waals surface area contributed by atoms with Crippen LogP contribution in [0.15, 0.2) is 42.6 Å². The van der Waals surface area contributed by atoms with Crippen LogP contribution in [0.2, 0.25) is 0 Å². The Morgan fingerprint density at radius 1 is 1.20 bits per heavy atom. The van der Waals surface area contributed by atoms with Crippen LogP contribution in [0.5, 0.6) is 0 Å². The summed E-state index contributed by atoms with van der Waals surface area (Å²) >= 11 is 0. The second kappa shape index (κ2) is 6.06. The Bertz CT molecular complexity index is 632. The predicted octanol–water partition coefficient (Wildman–Crippen LogP) is 1.58. The third kappa shape index (κ3) is 3.26. The van der Waals surface area contributed by atoms with Crippen LogP contribution in [0.1, 0.15) is 21.6 Å². The first-order valence-electron chi connectivity index (χ1n) is 6.26. The predicted molar refractivity (Wildman–Crippen MR) is 74.4 cm³/mol. The third-order valence-electron chi connectivity index (χ3n) is 3.12. The molecule has 0 bridgehead atoms. The summed E-state index contributed by atoms with van der Waals surface area (Å²) in [5.74, 6) is -1.21. The van der Waals surface area contributed by atoms with E-state index >= 15 is 0 Å². The van der Waals surface area contributed by atoms with Gasteiger partial charge in [-0.25, -0.2) is 4.79 Å². The van der Waals surface area contributed by atoms with E-state index < -0.39 is 5.97 Å². The van der Waals surface area contributed by atoms with Crippen LogP contribution in [-0.2, 0) is 24.8 Å². The SMILES string of the molecule is Cn1cccc1CNC(=O)Cc1ccccc1C(=O)O. The molecule has 2 rings (SSSR count). The highest BCUT2D eigenvalue weighted by Gasteiger charge is 2.12. The molecule has 0 aliphatic rings. The number of nitrogens with zero attached hydrogens (tertiary/aromatic N) is 1. The first-order chi connectivity index (χ1) is 9.58. The molecule has 1 amide bonds.